The van der Waals surface area contributed by atoms with Crippen LogP contribution in [0.1, 0.15) is 11.1 Å². The van der Waals surface area contributed by atoms with E-state index in [2.05, 4.69) is 5.32 Å². The first-order chi connectivity index (χ1) is 10.1. The molecule has 0 saturated carbocycles. The minimum Gasteiger partial charge on any atom is -0.496 e. The molecule has 0 atom stereocenters. The van der Waals surface area contributed by atoms with Crippen molar-refractivity contribution in [3.05, 3.63) is 53.6 Å². The summed E-state index contributed by atoms with van der Waals surface area (Å²) >= 11 is 0. The summed E-state index contributed by atoms with van der Waals surface area (Å²) in [6, 6.07) is 14.1. The van der Waals surface area contributed by atoms with Gasteiger partial charge in [-0.2, -0.15) is 5.26 Å². The monoisotopic (exact) mass is 281 g/mol. The molecule has 0 saturated heterocycles. The predicted molar refractivity (Wildman–Crippen MR) is 80.9 cm³/mol. The van der Waals surface area contributed by atoms with Crippen molar-refractivity contribution in [3.8, 4) is 11.8 Å². The molecular formula is C16H15N3O2. The topological polar surface area (TPSA) is 88.1 Å². The zero-order chi connectivity index (χ0) is 15.2. The molecule has 0 aliphatic carbocycles. The van der Waals surface area contributed by atoms with E-state index in [1.165, 1.54) is 6.07 Å². The maximum atomic E-state index is 12.1. The van der Waals surface area contributed by atoms with Crippen molar-refractivity contribution < 1.29 is 9.53 Å². The molecule has 1 amide bonds. The summed E-state index contributed by atoms with van der Waals surface area (Å²) in [4.78, 5) is 12.1. The molecule has 0 unspecified atom stereocenters. The number of amides is 1. The number of nitriles is 1. The zero-order valence-electron chi connectivity index (χ0n) is 11.6. The average Bonchev–Trinajstić information content (AvgIpc) is 2.49. The van der Waals surface area contributed by atoms with Gasteiger partial charge < -0.3 is 15.8 Å². The fraction of sp³-hybridized carbons (Fsp3) is 0.125. The number of benzene rings is 2. The van der Waals surface area contributed by atoms with E-state index in [1.54, 1.807) is 25.3 Å². The molecule has 2 aromatic rings. The molecular weight excluding hydrogens is 266 g/mol. The smallest absolute Gasteiger partial charge is 0.228 e. The van der Waals surface area contributed by atoms with Crippen LogP contribution >= 0.6 is 0 Å². The van der Waals surface area contributed by atoms with Gasteiger partial charge in [0.15, 0.2) is 0 Å². The summed E-state index contributed by atoms with van der Waals surface area (Å²) in [5.41, 5.74) is 7.91. The Balaban J connectivity index is 2.10. The minimum absolute atomic E-state index is 0.184. The van der Waals surface area contributed by atoms with E-state index >= 15 is 0 Å². The maximum Gasteiger partial charge on any atom is 0.228 e. The van der Waals surface area contributed by atoms with E-state index in [1.807, 2.05) is 24.3 Å². The van der Waals surface area contributed by atoms with Crippen molar-refractivity contribution in [2.24, 2.45) is 0 Å². The lowest BCUT2D eigenvalue weighted by Gasteiger charge is -2.10. The van der Waals surface area contributed by atoms with E-state index in [0.717, 1.165) is 5.56 Å². The van der Waals surface area contributed by atoms with Crippen molar-refractivity contribution in [1.29, 1.82) is 5.26 Å². The van der Waals surface area contributed by atoms with Gasteiger partial charge in [-0.3, -0.25) is 4.79 Å². The second-order valence-electron chi connectivity index (χ2n) is 4.45. The van der Waals surface area contributed by atoms with Crippen LogP contribution in [0.4, 0.5) is 11.4 Å². The van der Waals surface area contributed by atoms with E-state index in [4.69, 9.17) is 15.7 Å². The number of nitrogens with zero attached hydrogens (tertiary/aromatic N) is 1. The first kappa shape index (κ1) is 14.4. The summed E-state index contributed by atoms with van der Waals surface area (Å²) in [7, 11) is 1.56. The third-order valence-corrected chi connectivity index (χ3v) is 3.00. The molecule has 0 spiro atoms. The number of ether oxygens (including phenoxy) is 1. The van der Waals surface area contributed by atoms with Gasteiger partial charge in [0.2, 0.25) is 5.91 Å². The fourth-order valence-corrected chi connectivity index (χ4v) is 1.96. The normalized spacial score (nSPS) is 9.71. The predicted octanol–water partition coefficient (Wildman–Crippen LogP) is 2.33. The van der Waals surface area contributed by atoms with Gasteiger partial charge in [0.05, 0.1) is 36.5 Å². The van der Waals surface area contributed by atoms with Crippen molar-refractivity contribution in [3.63, 3.8) is 0 Å². The second kappa shape index (κ2) is 6.44. The molecule has 0 aliphatic heterocycles. The highest BCUT2D eigenvalue weighted by molar-refractivity contribution is 5.95. The largest absolute Gasteiger partial charge is 0.496 e. The van der Waals surface area contributed by atoms with Crippen LogP contribution in [0.25, 0.3) is 0 Å². The van der Waals surface area contributed by atoms with E-state index in [0.29, 0.717) is 22.7 Å². The van der Waals surface area contributed by atoms with Crippen LogP contribution < -0.4 is 15.8 Å². The van der Waals surface area contributed by atoms with E-state index < -0.39 is 0 Å². The van der Waals surface area contributed by atoms with Gasteiger partial charge in [0.1, 0.15) is 5.75 Å². The first-order valence-electron chi connectivity index (χ1n) is 6.35. The number of rotatable bonds is 4. The number of hydrogen-bond donors (Lipinski definition) is 2. The lowest BCUT2D eigenvalue weighted by molar-refractivity contribution is -0.115. The van der Waals surface area contributed by atoms with E-state index in [9.17, 15) is 4.79 Å². The molecule has 0 aliphatic rings. The summed E-state index contributed by atoms with van der Waals surface area (Å²) in [5, 5.41) is 11.5. The molecule has 0 bridgehead atoms. The average molecular weight is 281 g/mol. The SMILES string of the molecule is COc1ccccc1CC(=O)Nc1ccc(C#N)cc1N. The Morgan fingerprint density at radius 1 is 1.33 bits per heavy atom. The van der Waals surface area contributed by atoms with Crippen molar-refractivity contribution in [1.82, 2.24) is 0 Å². The number of nitrogens with one attached hydrogen (secondary N) is 1. The molecule has 0 radical (unpaired) electrons. The van der Waals surface area contributed by atoms with Crippen molar-refractivity contribution >= 4 is 17.3 Å². The molecule has 5 heteroatoms. The Morgan fingerprint density at radius 2 is 2.10 bits per heavy atom. The van der Waals surface area contributed by atoms with Crippen LogP contribution in [0.5, 0.6) is 5.75 Å². The van der Waals surface area contributed by atoms with Gasteiger partial charge in [0.25, 0.3) is 0 Å². The Labute approximate surface area is 123 Å². The summed E-state index contributed by atoms with van der Waals surface area (Å²) in [6.45, 7) is 0. The molecule has 0 aromatic heterocycles. The van der Waals surface area contributed by atoms with Crippen LogP contribution in [0.3, 0.4) is 0 Å². The van der Waals surface area contributed by atoms with Gasteiger partial charge in [-0.15, -0.1) is 0 Å². The zero-order valence-corrected chi connectivity index (χ0v) is 11.6. The Kier molecular flexibility index (Phi) is 4.42. The highest BCUT2D eigenvalue weighted by Crippen LogP contribution is 2.21. The quantitative estimate of drug-likeness (QED) is 0.842. The van der Waals surface area contributed by atoms with Crippen molar-refractivity contribution in [2.75, 3.05) is 18.2 Å². The maximum absolute atomic E-state index is 12.1. The second-order valence-corrected chi connectivity index (χ2v) is 4.45. The van der Waals surface area contributed by atoms with Crippen LogP contribution in [-0.4, -0.2) is 13.0 Å². The van der Waals surface area contributed by atoms with Gasteiger partial charge in [-0.05, 0) is 24.3 Å². The lowest BCUT2D eigenvalue weighted by atomic mass is 10.1. The summed E-state index contributed by atoms with van der Waals surface area (Å²) in [5.74, 6) is 0.469. The molecule has 0 fully saturated rings. The van der Waals surface area contributed by atoms with Crippen LogP contribution in [0.2, 0.25) is 0 Å². The third kappa shape index (κ3) is 3.51. The summed E-state index contributed by atoms with van der Waals surface area (Å²) < 4.78 is 5.21. The molecule has 5 nitrogen and oxygen atoms in total. The number of para-hydroxylation sites is 1. The number of carbonyl (C=O) groups is 1. The Morgan fingerprint density at radius 3 is 2.76 bits per heavy atom. The molecule has 3 N–H and O–H groups in total. The number of methoxy groups -OCH3 is 1. The number of nitrogens with two attached hydrogens (primary N) is 1. The minimum atomic E-state index is -0.198. The molecule has 2 aromatic carbocycles. The van der Waals surface area contributed by atoms with Crippen LogP contribution in [-0.2, 0) is 11.2 Å². The fourth-order valence-electron chi connectivity index (χ4n) is 1.96. The van der Waals surface area contributed by atoms with E-state index in [-0.39, 0.29) is 12.3 Å². The molecule has 2 rings (SSSR count). The number of hydrogen-bond acceptors (Lipinski definition) is 4. The Bertz CT molecular complexity index is 705. The number of nitrogen functional groups attached to an aromatic ring is 1. The number of anilines is 2. The van der Waals surface area contributed by atoms with Crippen LogP contribution in [0, 0.1) is 11.3 Å². The van der Waals surface area contributed by atoms with Gasteiger partial charge in [-0.1, -0.05) is 18.2 Å². The van der Waals surface area contributed by atoms with Crippen molar-refractivity contribution in [2.45, 2.75) is 6.42 Å². The molecule has 21 heavy (non-hydrogen) atoms. The van der Waals surface area contributed by atoms with Crippen LogP contribution in [0.15, 0.2) is 42.5 Å². The van der Waals surface area contributed by atoms with Gasteiger partial charge >= 0.3 is 0 Å². The Hall–Kier alpha value is -3.00. The standard InChI is InChI=1S/C16H15N3O2/c1-21-15-5-3-2-4-12(15)9-16(20)19-14-7-6-11(10-17)8-13(14)18/h2-8H,9,18H2,1H3,(H,19,20). The highest BCUT2D eigenvalue weighted by Gasteiger charge is 2.10. The molecule has 106 valence electrons. The first-order valence-corrected chi connectivity index (χ1v) is 6.35. The lowest BCUT2D eigenvalue weighted by Crippen LogP contribution is -2.16. The van der Waals surface area contributed by atoms with Gasteiger partial charge in [-0.25, -0.2) is 0 Å². The van der Waals surface area contributed by atoms with Gasteiger partial charge in [0, 0.05) is 5.56 Å². The summed E-state index contributed by atoms with van der Waals surface area (Å²) in [6.07, 6.45) is 0.184. The third-order valence-electron chi connectivity index (χ3n) is 3.00. The highest BCUT2D eigenvalue weighted by atomic mass is 16.5. The molecule has 0 heterocycles. The number of carbonyl (C=O) groups excluding carboxylic acids is 1.